The van der Waals surface area contributed by atoms with Crippen molar-refractivity contribution in [2.24, 2.45) is 5.73 Å². The summed E-state index contributed by atoms with van der Waals surface area (Å²) in [4.78, 5) is 20.3. The van der Waals surface area contributed by atoms with Gasteiger partial charge in [0.05, 0.1) is 35.6 Å². The summed E-state index contributed by atoms with van der Waals surface area (Å²) >= 11 is 0. The predicted molar refractivity (Wildman–Crippen MR) is 106 cm³/mol. The van der Waals surface area contributed by atoms with Crippen molar-refractivity contribution in [2.75, 3.05) is 11.9 Å². The van der Waals surface area contributed by atoms with Crippen molar-refractivity contribution in [3.8, 4) is 11.1 Å². The Bertz CT molecular complexity index is 1090. The molecular formula is C20H20N6O2. The van der Waals surface area contributed by atoms with Crippen LogP contribution in [0.2, 0.25) is 0 Å². The van der Waals surface area contributed by atoms with Crippen molar-refractivity contribution in [2.45, 2.75) is 12.5 Å². The second-order valence-electron chi connectivity index (χ2n) is 6.44. The number of benzene rings is 1. The monoisotopic (exact) mass is 376 g/mol. The van der Waals surface area contributed by atoms with E-state index < -0.39 is 5.92 Å². The number of fused-ring (bicyclic) bond motifs is 1. The highest BCUT2D eigenvalue weighted by Crippen LogP contribution is 2.32. The van der Waals surface area contributed by atoms with Crippen LogP contribution >= 0.6 is 0 Å². The molecule has 0 unspecified atom stereocenters. The van der Waals surface area contributed by atoms with E-state index in [2.05, 4.69) is 25.5 Å². The first-order chi connectivity index (χ1) is 13.7. The molecule has 3 aromatic heterocycles. The Labute approximate surface area is 160 Å². The van der Waals surface area contributed by atoms with Gasteiger partial charge in [0.15, 0.2) is 0 Å². The number of hydrogen-bond acceptors (Lipinski definition) is 5. The minimum absolute atomic E-state index is 0.145. The number of aliphatic hydroxyl groups is 1. The van der Waals surface area contributed by atoms with Crippen LogP contribution in [0.4, 0.5) is 5.69 Å². The first kappa shape index (κ1) is 17.9. The van der Waals surface area contributed by atoms with E-state index in [0.29, 0.717) is 16.9 Å². The highest BCUT2D eigenvalue weighted by molar-refractivity contribution is 6.07. The summed E-state index contributed by atoms with van der Waals surface area (Å²) in [6.07, 6.45) is 7.04. The van der Waals surface area contributed by atoms with Gasteiger partial charge in [-0.3, -0.25) is 14.9 Å². The molecule has 4 aromatic rings. The summed E-state index contributed by atoms with van der Waals surface area (Å²) in [5.74, 6) is -0.758. The van der Waals surface area contributed by atoms with Gasteiger partial charge in [0.1, 0.15) is 0 Å². The van der Waals surface area contributed by atoms with Crippen molar-refractivity contribution in [1.29, 1.82) is 0 Å². The number of pyridine rings is 1. The Morgan fingerprint density at radius 1 is 1.21 bits per heavy atom. The van der Waals surface area contributed by atoms with Gasteiger partial charge in [0, 0.05) is 41.6 Å². The molecule has 142 valence electrons. The molecule has 0 aliphatic heterocycles. The second-order valence-corrected chi connectivity index (χ2v) is 6.44. The fourth-order valence-corrected chi connectivity index (χ4v) is 3.25. The summed E-state index contributed by atoms with van der Waals surface area (Å²) in [5.41, 5.74) is 10.6. The van der Waals surface area contributed by atoms with Crippen LogP contribution in [0.5, 0.6) is 0 Å². The molecule has 0 radical (unpaired) electrons. The number of aliphatic hydroxyl groups excluding tert-OH is 1. The van der Waals surface area contributed by atoms with Crippen LogP contribution in [0, 0.1) is 0 Å². The third-order valence-corrected chi connectivity index (χ3v) is 4.75. The number of aromatic nitrogens is 4. The van der Waals surface area contributed by atoms with Crippen LogP contribution in [-0.4, -0.2) is 37.7 Å². The average molecular weight is 376 g/mol. The lowest BCUT2D eigenvalue weighted by Crippen LogP contribution is -2.27. The zero-order valence-electron chi connectivity index (χ0n) is 15.0. The molecule has 28 heavy (non-hydrogen) atoms. The molecule has 0 aliphatic carbocycles. The number of carbonyl (C=O) groups is 1. The Kier molecular flexibility index (Phi) is 4.88. The van der Waals surface area contributed by atoms with Crippen molar-refractivity contribution in [1.82, 2.24) is 20.2 Å². The Hall–Kier alpha value is -3.49. The number of nitrogens with two attached hydrogens (primary N) is 1. The maximum Gasteiger partial charge on any atom is 0.233 e. The van der Waals surface area contributed by atoms with E-state index in [1.54, 1.807) is 24.5 Å². The molecule has 4 rings (SSSR count). The average Bonchev–Trinajstić information content (AvgIpc) is 3.39. The lowest BCUT2D eigenvalue weighted by atomic mass is 9.99. The lowest BCUT2D eigenvalue weighted by Gasteiger charge is -2.16. The quantitative estimate of drug-likeness (QED) is 0.352. The summed E-state index contributed by atoms with van der Waals surface area (Å²) < 4.78 is 0. The smallest absolute Gasteiger partial charge is 0.233 e. The normalized spacial score (nSPS) is 12.2. The van der Waals surface area contributed by atoms with Gasteiger partial charge in [-0.1, -0.05) is 18.2 Å². The molecule has 0 saturated carbocycles. The van der Waals surface area contributed by atoms with E-state index in [1.807, 2.05) is 30.6 Å². The van der Waals surface area contributed by atoms with Gasteiger partial charge in [0.2, 0.25) is 5.91 Å². The van der Waals surface area contributed by atoms with Crippen LogP contribution < -0.4 is 11.1 Å². The van der Waals surface area contributed by atoms with Crippen molar-refractivity contribution >= 4 is 22.5 Å². The molecule has 8 heteroatoms. The summed E-state index contributed by atoms with van der Waals surface area (Å²) in [5, 5.41) is 19.9. The largest absolute Gasteiger partial charge is 0.390 e. The van der Waals surface area contributed by atoms with Crippen LogP contribution in [-0.2, 0) is 11.4 Å². The van der Waals surface area contributed by atoms with Crippen molar-refractivity contribution in [3.63, 3.8) is 0 Å². The zero-order valence-corrected chi connectivity index (χ0v) is 15.0. The minimum atomic E-state index is -0.543. The third-order valence-electron chi connectivity index (χ3n) is 4.75. The van der Waals surface area contributed by atoms with E-state index in [-0.39, 0.29) is 19.1 Å². The molecule has 8 nitrogen and oxygen atoms in total. The third kappa shape index (κ3) is 3.26. The standard InChI is InChI=1S/C20H20N6O2/c21-6-16(12-4-5-14(11-27)22-7-12)20(28)26-18-3-1-2-15-17(10-23-19(15)18)13-8-24-25-9-13/h1-5,7-10,16,23,27H,6,11,21H2,(H,24,25)(H,26,28)/t16-/m0/s1. The van der Waals surface area contributed by atoms with Crippen LogP contribution in [0.3, 0.4) is 0 Å². The molecular weight excluding hydrogens is 356 g/mol. The van der Waals surface area contributed by atoms with Gasteiger partial charge in [-0.05, 0) is 17.7 Å². The van der Waals surface area contributed by atoms with E-state index in [9.17, 15) is 4.79 Å². The molecule has 0 aliphatic rings. The first-order valence-electron chi connectivity index (χ1n) is 8.87. The first-order valence-corrected chi connectivity index (χ1v) is 8.87. The maximum atomic E-state index is 12.9. The predicted octanol–water partition coefficient (Wildman–Crippen LogP) is 2.13. The summed E-state index contributed by atoms with van der Waals surface area (Å²) in [7, 11) is 0. The van der Waals surface area contributed by atoms with Gasteiger partial charge in [-0.15, -0.1) is 0 Å². The molecule has 0 saturated heterocycles. The molecule has 3 heterocycles. The number of carbonyl (C=O) groups excluding carboxylic acids is 1. The van der Waals surface area contributed by atoms with Gasteiger partial charge in [-0.25, -0.2) is 0 Å². The van der Waals surface area contributed by atoms with Gasteiger partial charge >= 0.3 is 0 Å². The second kappa shape index (κ2) is 7.63. The van der Waals surface area contributed by atoms with E-state index in [1.165, 1.54) is 0 Å². The van der Waals surface area contributed by atoms with Crippen LogP contribution in [0.25, 0.3) is 22.0 Å². The number of hydrogen-bond donors (Lipinski definition) is 5. The van der Waals surface area contributed by atoms with Crippen molar-refractivity contribution in [3.05, 3.63) is 66.4 Å². The fourth-order valence-electron chi connectivity index (χ4n) is 3.25. The number of nitrogens with one attached hydrogen (secondary N) is 3. The minimum Gasteiger partial charge on any atom is -0.390 e. The topological polar surface area (TPSA) is 133 Å². The van der Waals surface area contributed by atoms with Crippen molar-refractivity contribution < 1.29 is 9.90 Å². The maximum absolute atomic E-state index is 12.9. The number of amides is 1. The number of aromatic amines is 2. The Morgan fingerprint density at radius 2 is 2.11 bits per heavy atom. The number of para-hydroxylation sites is 1. The van der Waals surface area contributed by atoms with Crippen LogP contribution in [0.15, 0.2) is 55.1 Å². The number of H-pyrrole nitrogens is 2. The van der Waals surface area contributed by atoms with E-state index in [4.69, 9.17) is 10.8 Å². The lowest BCUT2D eigenvalue weighted by molar-refractivity contribution is -0.117. The highest BCUT2D eigenvalue weighted by atomic mass is 16.3. The molecule has 0 spiro atoms. The molecule has 0 bridgehead atoms. The summed E-state index contributed by atoms with van der Waals surface area (Å²) in [6, 6.07) is 9.18. The molecule has 1 aromatic carbocycles. The highest BCUT2D eigenvalue weighted by Gasteiger charge is 2.21. The van der Waals surface area contributed by atoms with Crippen LogP contribution in [0.1, 0.15) is 17.2 Å². The number of nitrogens with zero attached hydrogens (tertiary/aromatic N) is 2. The van der Waals surface area contributed by atoms with E-state index in [0.717, 1.165) is 22.0 Å². The van der Waals surface area contributed by atoms with Gasteiger partial charge in [-0.2, -0.15) is 5.10 Å². The molecule has 6 N–H and O–H groups in total. The zero-order chi connectivity index (χ0) is 19.5. The fraction of sp³-hybridized carbons (Fsp3) is 0.150. The van der Waals surface area contributed by atoms with E-state index >= 15 is 0 Å². The molecule has 1 amide bonds. The summed E-state index contributed by atoms with van der Waals surface area (Å²) in [6.45, 7) is 0.000539. The van der Waals surface area contributed by atoms with Gasteiger partial charge in [0.25, 0.3) is 0 Å². The Balaban J connectivity index is 1.62. The Morgan fingerprint density at radius 3 is 2.79 bits per heavy atom. The number of anilines is 1. The van der Waals surface area contributed by atoms with Gasteiger partial charge < -0.3 is 21.1 Å². The SMILES string of the molecule is NC[C@H](C(=O)Nc1cccc2c(-c3cn[nH]c3)c[nH]c12)c1ccc(CO)nc1. The molecule has 1 atom stereocenters. The number of rotatable bonds is 6. The molecule has 0 fully saturated rings.